The lowest BCUT2D eigenvalue weighted by Gasteiger charge is -2.03. The standard InChI is InChI=1S/C9H6N10O/c20-5-1-2-6-10-4(8-11-15-16-12-8)3-19(6)7(5)9-13-17-18-14-9/h1-3,20H,(H,11,12,15,16)(H,13,14,17,18). The first-order valence-corrected chi connectivity index (χ1v) is 5.52. The summed E-state index contributed by atoms with van der Waals surface area (Å²) in [6.07, 6.45) is 1.68. The van der Waals surface area contributed by atoms with E-state index < -0.39 is 0 Å². The Bertz CT molecular complexity index is 862. The molecule has 0 saturated heterocycles. The highest BCUT2D eigenvalue weighted by atomic mass is 16.3. The van der Waals surface area contributed by atoms with Gasteiger partial charge in [-0.25, -0.2) is 15.2 Å². The Morgan fingerprint density at radius 1 is 1.00 bits per heavy atom. The van der Waals surface area contributed by atoms with Gasteiger partial charge >= 0.3 is 0 Å². The van der Waals surface area contributed by atoms with Gasteiger partial charge in [0.15, 0.2) is 11.6 Å². The Hall–Kier alpha value is -3.37. The van der Waals surface area contributed by atoms with E-state index >= 15 is 0 Å². The maximum absolute atomic E-state index is 10.0. The molecule has 4 aromatic heterocycles. The zero-order chi connectivity index (χ0) is 13.5. The van der Waals surface area contributed by atoms with Crippen molar-refractivity contribution >= 4 is 5.65 Å². The summed E-state index contributed by atoms with van der Waals surface area (Å²) in [6, 6.07) is 3.18. The highest BCUT2D eigenvalue weighted by molar-refractivity contribution is 5.67. The molecule has 0 bridgehead atoms. The Labute approximate surface area is 109 Å². The Balaban J connectivity index is 2.01. The molecule has 4 heterocycles. The molecule has 0 radical (unpaired) electrons. The van der Waals surface area contributed by atoms with Crippen LogP contribution in [-0.2, 0) is 0 Å². The van der Waals surface area contributed by atoms with Crippen LogP contribution in [0.25, 0.3) is 28.7 Å². The first-order chi connectivity index (χ1) is 9.83. The molecule has 0 aliphatic carbocycles. The summed E-state index contributed by atoms with van der Waals surface area (Å²) in [5.41, 5.74) is 1.54. The van der Waals surface area contributed by atoms with Gasteiger partial charge in [0, 0.05) is 6.20 Å². The number of aromatic amines is 2. The molecule has 0 atom stereocenters. The number of nitrogens with zero attached hydrogens (tertiary/aromatic N) is 8. The Morgan fingerprint density at radius 2 is 1.75 bits per heavy atom. The van der Waals surface area contributed by atoms with Crippen molar-refractivity contribution in [3.8, 4) is 28.8 Å². The fraction of sp³-hybridized carbons (Fsp3) is 0. The van der Waals surface area contributed by atoms with Gasteiger partial charge in [-0.1, -0.05) is 0 Å². The molecule has 3 N–H and O–H groups in total. The summed E-state index contributed by atoms with van der Waals surface area (Å²) in [5.74, 6) is 0.776. The van der Waals surface area contributed by atoms with Crippen LogP contribution in [-0.4, -0.2) is 55.7 Å². The molecule has 0 unspecified atom stereocenters. The molecular formula is C9H6N10O. The van der Waals surface area contributed by atoms with Gasteiger partial charge in [0.25, 0.3) is 0 Å². The van der Waals surface area contributed by atoms with Crippen molar-refractivity contribution in [1.82, 2.24) is 50.6 Å². The number of pyridine rings is 1. The average molecular weight is 270 g/mol. The third-order valence-corrected chi connectivity index (χ3v) is 2.76. The lowest BCUT2D eigenvalue weighted by molar-refractivity contribution is 0.474. The number of imidazole rings is 1. The van der Waals surface area contributed by atoms with E-state index in [1.54, 1.807) is 16.7 Å². The normalized spacial score (nSPS) is 11.2. The van der Waals surface area contributed by atoms with Crippen molar-refractivity contribution in [3.05, 3.63) is 18.3 Å². The molecule has 0 aliphatic heterocycles. The van der Waals surface area contributed by atoms with E-state index in [0.29, 0.717) is 28.7 Å². The highest BCUT2D eigenvalue weighted by Crippen LogP contribution is 2.28. The van der Waals surface area contributed by atoms with Gasteiger partial charge in [-0.05, 0) is 33.0 Å². The number of rotatable bonds is 2. The van der Waals surface area contributed by atoms with E-state index in [2.05, 4.69) is 46.2 Å². The van der Waals surface area contributed by atoms with Crippen LogP contribution in [0.3, 0.4) is 0 Å². The fourth-order valence-corrected chi connectivity index (χ4v) is 1.92. The van der Waals surface area contributed by atoms with Crippen LogP contribution in [0.2, 0.25) is 0 Å². The van der Waals surface area contributed by atoms with E-state index in [4.69, 9.17) is 0 Å². The SMILES string of the molecule is Oc1ccc2nc(-c3nnn[nH]3)cn2c1-c1nnn[nH]1. The molecule has 98 valence electrons. The van der Waals surface area contributed by atoms with Crippen LogP contribution < -0.4 is 0 Å². The molecule has 0 amide bonds. The van der Waals surface area contributed by atoms with Crippen LogP contribution in [0.1, 0.15) is 0 Å². The smallest absolute Gasteiger partial charge is 0.200 e. The third kappa shape index (κ3) is 1.43. The number of fused-ring (bicyclic) bond motifs is 1. The van der Waals surface area contributed by atoms with Gasteiger partial charge in [-0.2, -0.15) is 0 Å². The summed E-state index contributed by atoms with van der Waals surface area (Å²) in [5, 5.41) is 36.8. The molecule has 0 spiro atoms. The molecule has 11 nitrogen and oxygen atoms in total. The van der Waals surface area contributed by atoms with Crippen LogP contribution >= 0.6 is 0 Å². The second kappa shape index (κ2) is 3.81. The van der Waals surface area contributed by atoms with Gasteiger partial charge in [-0.15, -0.1) is 10.2 Å². The molecule has 11 heteroatoms. The summed E-state index contributed by atoms with van der Waals surface area (Å²) in [7, 11) is 0. The molecular weight excluding hydrogens is 264 g/mol. The number of nitrogens with one attached hydrogen (secondary N) is 2. The van der Waals surface area contributed by atoms with E-state index in [-0.39, 0.29) is 5.75 Å². The van der Waals surface area contributed by atoms with Crippen molar-refractivity contribution in [3.63, 3.8) is 0 Å². The van der Waals surface area contributed by atoms with Crippen LogP contribution in [0, 0.1) is 0 Å². The van der Waals surface area contributed by atoms with E-state index in [0.717, 1.165) is 0 Å². The van der Waals surface area contributed by atoms with Crippen LogP contribution in [0.5, 0.6) is 5.75 Å². The number of hydrogen-bond donors (Lipinski definition) is 3. The maximum Gasteiger partial charge on any atom is 0.200 e. The van der Waals surface area contributed by atoms with Crippen LogP contribution in [0.4, 0.5) is 0 Å². The van der Waals surface area contributed by atoms with E-state index in [1.807, 2.05) is 0 Å². The maximum atomic E-state index is 10.0. The molecule has 0 aliphatic rings. The Morgan fingerprint density at radius 3 is 2.45 bits per heavy atom. The first kappa shape index (κ1) is 10.5. The largest absolute Gasteiger partial charge is 0.506 e. The quantitative estimate of drug-likeness (QED) is 0.437. The Kier molecular flexibility index (Phi) is 2.01. The van der Waals surface area contributed by atoms with Gasteiger partial charge in [0.05, 0.1) is 0 Å². The zero-order valence-corrected chi connectivity index (χ0v) is 9.76. The number of hydrogen-bond acceptors (Lipinski definition) is 8. The van der Waals surface area contributed by atoms with Gasteiger partial charge < -0.3 is 5.11 Å². The van der Waals surface area contributed by atoms with Crippen molar-refractivity contribution in [1.29, 1.82) is 0 Å². The van der Waals surface area contributed by atoms with Gasteiger partial charge in [-0.3, -0.25) is 4.40 Å². The average Bonchev–Trinajstić information content (AvgIpc) is 3.19. The molecule has 0 aromatic carbocycles. The lowest BCUT2D eigenvalue weighted by atomic mass is 10.3. The number of aromatic hydroxyl groups is 1. The van der Waals surface area contributed by atoms with Crippen molar-refractivity contribution < 1.29 is 5.11 Å². The van der Waals surface area contributed by atoms with E-state index in [1.165, 1.54) is 6.07 Å². The van der Waals surface area contributed by atoms with Gasteiger partial charge in [0.2, 0.25) is 0 Å². The van der Waals surface area contributed by atoms with Crippen molar-refractivity contribution in [2.45, 2.75) is 0 Å². The third-order valence-electron chi connectivity index (χ3n) is 2.76. The molecule has 4 rings (SSSR count). The van der Waals surface area contributed by atoms with Gasteiger partial charge in [0.1, 0.15) is 22.8 Å². The zero-order valence-electron chi connectivity index (χ0n) is 9.76. The number of aromatic nitrogens is 10. The molecule has 4 aromatic rings. The summed E-state index contributed by atoms with van der Waals surface area (Å²) < 4.78 is 1.65. The summed E-state index contributed by atoms with van der Waals surface area (Å²) in [6.45, 7) is 0. The van der Waals surface area contributed by atoms with Crippen molar-refractivity contribution in [2.75, 3.05) is 0 Å². The second-order valence-electron chi connectivity index (χ2n) is 3.92. The topological polar surface area (TPSA) is 146 Å². The minimum Gasteiger partial charge on any atom is -0.506 e. The fourth-order valence-electron chi connectivity index (χ4n) is 1.92. The highest BCUT2D eigenvalue weighted by Gasteiger charge is 2.16. The van der Waals surface area contributed by atoms with Crippen LogP contribution in [0.15, 0.2) is 18.3 Å². The number of tetrazole rings is 2. The predicted molar refractivity (Wildman–Crippen MR) is 63.2 cm³/mol. The monoisotopic (exact) mass is 270 g/mol. The first-order valence-electron chi connectivity index (χ1n) is 5.52. The molecule has 0 saturated carbocycles. The molecule has 0 fully saturated rings. The second-order valence-corrected chi connectivity index (χ2v) is 3.92. The number of H-pyrrole nitrogens is 2. The van der Waals surface area contributed by atoms with Crippen molar-refractivity contribution in [2.24, 2.45) is 0 Å². The minimum atomic E-state index is 0.0238. The lowest BCUT2D eigenvalue weighted by Crippen LogP contribution is -1.93. The van der Waals surface area contributed by atoms with E-state index in [9.17, 15) is 5.11 Å². The summed E-state index contributed by atoms with van der Waals surface area (Å²) >= 11 is 0. The predicted octanol–water partition coefficient (Wildman–Crippen LogP) is -0.600. The molecule has 20 heavy (non-hydrogen) atoms. The minimum absolute atomic E-state index is 0.0238. The summed E-state index contributed by atoms with van der Waals surface area (Å²) in [4.78, 5) is 4.36.